The van der Waals surface area contributed by atoms with E-state index in [0.29, 0.717) is 94.5 Å². The van der Waals surface area contributed by atoms with E-state index in [-0.39, 0.29) is 22.6 Å². The largest absolute Gasteiger partial charge is 0.494 e. The fraction of sp³-hybridized carbons (Fsp3) is 0.373. The van der Waals surface area contributed by atoms with Crippen molar-refractivity contribution in [2.75, 3.05) is 13.2 Å². The zero-order valence-corrected chi connectivity index (χ0v) is 52.7. The van der Waals surface area contributed by atoms with Gasteiger partial charge < -0.3 is 37.6 Å². The summed E-state index contributed by atoms with van der Waals surface area (Å²) in [5, 5.41) is 0. The molecule has 0 aliphatic carbocycles. The van der Waals surface area contributed by atoms with Crippen molar-refractivity contribution >= 4 is 45.9 Å². The number of unbranched alkanes of at least 4 members (excludes halogenated alkanes) is 18. The van der Waals surface area contributed by atoms with Crippen LogP contribution in [0.3, 0.4) is 0 Å². The van der Waals surface area contributed by atoms with E-state index in [1.165, 1.54) is 103 Å². The summed E-state index contributed by atoms with van der Waals surface area (Å²) in [4.78, 5) is 67.9. The average molecular weight is 1220 g/mol. The van der Waals surface area contributed by atoms with Crippen LogP contribution in [0.15, 0.2) is 152 Å². The van der Waals surface area contributed by atoms with Crippen LogP contribution in [0, 0.1) is 0 Å². The quantitative estimate of drug-likeness (QED) is 0.0206. The highest BCUT2D eigenvalue weighted by atomic mass is 16.5. The summed E-state index contributed by atoms with van der Waals surface area (Å²) in [6.45, 7) is 10.9. The van der Waals surface area contributed by atoms with Gasteiger partial charge in [-0.1, -0.05) is 135 Å². The SMILES string of the molecule is CCCCCCCCCCCCOc1ccc(C(=O)Oc2ccc(C(=O)Oc3ccc4nc(-c5cccc(-c6nc7ccc(OC(=O)c8ccc(OC(=O)c9ccc(OCCCCCCCCCCCC)cc9)cc8)cc7n6CC)n5)n(CC)c4c3)cc2)cc1. The third-order valence-corrected chi connectivity index (χ3v) is 16.0. The molecule has 3 heterocycles. The maximum absolute atomic E-state index is 13.4. The number of rotatable bonds is 36. The second-order valence-electron chi connectivity index (χ2n) is 22.8. The second-order valence-corrected chi connectivity index (χ2v) is 22.8. The number of aryl methyl sites for hydroxylation is 2. The molecule has 0 saturated heterocycles. The minimum atomic E-state index is -0.577. The first-order chi connectivity index (χ1) is 44.1. The topological polar surface area (TPSA) is 172 Å². The summed E-state index contributed by atoms with van der Waals surface area (Å²) in [6, 6.07) is 42.6. The number of pyridine rings is 1. The number of benzene rings is 6. The molecule has 15 heteroatoms. The molecule has 0 bridgehead atoms. The minimum Gasteiger partial charge on any atom is -0.494 e. The van der Waals surface area contributed by atoms with Crippen molar-refractivity contribution in [2.24, 2.45) is 0 Å². The van der Waals surface area contributed by atoms with Crippen molar-refractivity contribution in [3.8, 4) is 57.5 Å². The van der Waals surface area contributed by atoms with Crippen LogP contribution in [-0.4, -0.2) is 61.2 Å². The average Bonchev–Trinajstić information content (AvgIpc) is 1.64. The molecule has 6 aromatic carbocycles. The Balaban J connectivity index is 0.749. The first kappa shape index (κ1) is 65.3. The first-order valence-electron chi connectivity index (χ1n) is 32.6. The molecular formula is C75H85N5O10. The summed E-state index contributed by atoms with van der Waals surface area (Å²) < 4.78 is 38.8. The fourth-order valence-corrected chi connectivity index (χ4v) is 11.0. The number of hydrogen-bond acceptors (Lipinski definition) is 13. The second kappa shape index (κ2) is 34.0. The third-order valence-electron chi connectivity index (χ3n) is 16.0. The number of carbonyl (C=O) groups is 4. The van der Waals surface area contributed by atoms with Crippen molar-refractivity contribution in [1.29, 1.82) is 0 Å². The molecule has 15 nitrogen and oxygen atoms in total. The monoisotopic (exact) mass is 1220 g/mol. The molecule has 0 N–H and O–H groups in total. The number of ether oxygens (including phenoxy) is 6. The highest BCUT2D eigenvalue weighted by Gasteiger charge is 2.21. The lowest BCUT2D eigenvalue weighted by molar-refractivity contribution is 0.0720. The van der Waals surface area contributed by atoms with Crippen LogP contribution in [0.4, 0.5) is 0 Å². The number of carbonyl (C=O) groups excluding carboxylic acids is 4. The lowest BCUT2D eigenvalue weighted by Gasteiger charge is -2.10. The zero-order chi connectivity index (χ0) is 62.9. The van der Waals surface area contributed by atoms with Crippen LogP contribution in [0.2, 0.25) is 0 Å². The van der Waals surface area contributed by atoms with Gasteiger partial charge in [-0.3, -0.25) is 0 Å². The van der Waals surface area contributed by atoms with Gasteiger partial charge in [-0.15, -0.1) is 0 Å². The van der Waals surface area contributed by atoms with Crippen LogP contribution in [0.5, 0.6) is 34.5 Å². The molecule has 0 radical (unpaired) electrons. The summed E-state index contributed by atoms with van der Waals surface area (Å²) in [6.07, 6.45) is 25.2. The molecular weight excluding hydrogens is 1130 g/mol. The number of nitrogens with zero attached hydrogens (tertiary/aromatic N) is 5. The molecule has 9 aromatic rings. The van der Waals surface area contributed by atoms with E-state index in [4.69, 9.17) is 43.4 Å². The number of hydrogen-bond donors (Lipinski definition) is 0. The van der Waals surface area contributed by atoms with Gasteiger partial charge in [0.1, 0.15) is 45.9 Å². The molecule has 0 unspecified atom stereocenters. The minimum absolute atomic E-state index is 0.279. The van der Waals surface area contributed by atoms with Gasteiger partial charge in [0.2, 0.25) is 0 Å². The predicted octanol–water partition coefficient (Wildman–Crippen LogP) is 18.6. The van der Waals surface area contributed by atoms with Crippen molar-refractivity contribution in [1.82, 2.24) is 24.1 Å². The summed E-state index contributed by atoms with van der Waals surface area (Å²) in [5.74, 6) is 1.71. The predicted molar refractivity (Wildman–Crippen MR) is 353 cm³/mol. The Hall–Kier alpha value is -9.11. The van der Waals surface area contributed by atoms with E-state index < -0.39 is 23.9 Å². The highest BCUT2D eigenvalue weighted by molar-refractivity contribution is 5.95. The Morgan fingerprint density at radius 3 is 0.933 bits per heavy atom. The smallest absolute Gasteiger partial charge is 0.343 e. The molecule has 0 fully saturated rings. The van der Waals surface area contributed by atoms with Crippen LogP contribution < -0.4 is 28.4 Å². The molecule has 0 spiro atoms. The van der Waals surface area contributed by atoms with Gasteiger partial charge in [0.15, 0.2) is 11.6 Å². The van der Waals surface area contributed by atoms with Gasteiger partial charge in [0.25, 0.3) is 0 Å². The Morgan fingerprint density at radius 1 is 0.322 bits per heavy atom. The number of esters is 4. The molecule has 3 aromatic heterocycles. The molecule has 0 aliphatic heterocycles. The van der Waals surface area contributed by atoms with Crippen LogP contribution >= 0.6 is 0 Å². The number of imidazole rings is 2. The van der Waals surface area contributed by atoms with Crippen LogP contribution in [-0.2, 0) is 13.1 Å². The van der Waals surface area contributed by atoms with E-state index in [9.17, 15) is 19.2 Å². The first-order valence-corrected chi connectivity index (χ1v) is 32.6. The highest BCUT2D eigenvalue weighted by Crippen LogP contribution is 2.32. The molecule has 0 aliphatic rings. The van der Waals surface area contributed by atoms with E-state index in [1.54, 1.807) is 133 Å². The fourth-order valence-electron chi connectivity index (χ4n) is 11.0. The Kier molecular flexibility index (Phi) is 24.7. The normalized spacial score (nSPS) is 11.2. The van der Waals surface area contributed by atoms with Crippen molar-refractivity contribution in [3.05, 3.63) is 174 Å². The molecule has 0 saturated carbocycles. The van der Waals surface area contributed by atoms with Crippen molar-refractivity contribution < 1.29 is 47.6 Å². The maximum Gasteiger partial charge on any atom is 0.343 e. The summed E-state index contributed by atoms with van der Waals surface area (Å²) >= 11 is 0. The van der Waals surface area contributed by atoms with E-state index in [1.807, 2.05) is 41.2 Å². The zero-order valence-electron chi connectivity index (χ0n) is 52.7. The molecule has 90 heavy (non-hydrogen) atoms. The van der Waals surface area contributed by atoms with Crippen molar-refractivity contribution in [2.45, 2.75) is 169 Å². The van der Waals surface area contributed by atoms with Crippen LogP contribution in [0.25, 0.3) is 45.1 Å². The van der Waals surface area contributed by atoms with E-state index >= 15 is 0 Å². The Morgan fingerprint density at radius 2 is 0.611 bits per heavy atom. The van der Waals surface area contributed by atoms with E-state index in [0.717, 1.165) is 36.7 Å². The van der Waals surface area contributed by atoms with Gasteiger partial charge >= 0.3 is 23.9 Å². The van der Waals surface area contributed by atoms with Gasteiger partial charge in [0.05, 0.1) is 57.5 Å². The molecule has 0 amide bonds. The van der Waals surface area contributed by atoms with Crippen molar-refractivity contribution in [3.63, 3.8) is 0 Å². The lowest BCUT2D eigenvalue weighted by atomic mass is 10.1. The van der Waals surface area contributed by atoms with Gasteiger partial charge in [-0.05, 0) is 160 Å². The lowest BCUT2D eigenvalue weighted by Crippen LogP contribution is -2.10. The summed E-state index contributed by atoms with van der Waals surface area (Å²) in [5.41, 5.74) is 5.44. The third kappa shape index (κ3) is 18.5. The number of fused-ring (bicyclic) bond motifs is 2. The van der Waals surface area contributed by atoms with E-state index in [2.05, 4.69) is 13.8 Å². The van der Waals surface area contributed by atoms with Gasteiger partial charge in [-0.2, -0.15) is 0 Å². The standard InChI is InChI=1S/C75H85N5O10/c1-5-9-11-13-15-17-19-21-23-25-50-85-58-38-30-54(31-39-58)72(81)87-60-42-34-56(35-43-60)74(83)89-62-46-48-64-68(52-62)79(7-3)70(77-64)66-28-27-29-67(76-66)71-78-65-49-47-63(53-69(65)80(71)8-4)90-75(84)57-36-44-61(45-37-57)88-73(82)55-32-40-59(41-33-55)86-51-26-24-22-20-18-16-14-12-10-6-2/h27-49,52-53H,5-26,50-51H2,1-4H3. The van der Waals surface area contributed by atoms with Gasteiger partial charge in [0, 0.05) is 25.2 Å². The molecule has 9 rings (SSSR count). The Labute approximate surface area is 529 Å². The number of aromatic nitrogens is 5. The maximum atomic E-state index is 13.4. The van der Waals surface area contributed by atoms with Gasteiger partial charge in [-0.25, -0.2) is 34.1 Å². The van der Waals surface area contributed by atoms with Crippen LogP contribution in [0.1, 0.15) is 198 Å². The Bertz CT molecular complexity index is 3520. The molecule has 0 atom stereocenters. The molecule has 470 valence electrons. The summed E-state index contributed by atoms with van der Waals surface area (Å²) in [7, 11) is 0.